The van der Waals surface area contributed by atoms with Gasteiger partial charge in [0.25, 0.3) is 15.9 Å². The van der Waals surface area contributed by atoms with Gasteiger partial charge in [0.2, 0.25) is 5.91 Å². The average Bonchev–Trinajstić information content (AvgIpc) is 2.85. The maximum Gasteiger partial charge on any atom is 0.281 e. The molecular weight excluding hydrogens is 502 g/mol. The summed E-state index contributed by atoms with van der Waals surface area (Å²) in [5.74, 6) is -1.69. The lowest BCUT2D eigenvalue weighted by Crippen LogP contribution is -2.38. The molecule has 1 saturated heterocycles. The van der Waals surface area contributed by atoms with Crippen LogP contribution in [0.3, 0.4) is 0 Å². The fraction of sp³-hybridized carbons (Fsp3) is 0.269. The molecule has 2 N–H and O–H groups in total. The molecule has 0 unspecified atom stereocenters. The Kier molecular flexibility index (Phi) is 7.53. The van der Waals surface area contributed by atoms with E-state index in [0.29, 0.717) is 37.2 Å². The van der Waals surface area contributed by atoms with E-state index in [0.717, 1.165) is 18.7 Å². The fourth-order valence-corrected chi connectivity index (χ4v) is 5.28. The Morgan fingerprint density at radius 1 is 0.973 bits per heavy atom. The van der Waals surface area contributed by atoms with Crippen molar-refractivity contribution in [1.29, 1.82) is 0 Å². The fourth-order valence-electron chi connectivity index (χ4n) is 4.33. The summed E-state index contributed by atoms with van der Waals surface area (Å²) in [6.07, 6.45) is 2.52. The van der Waals surface area contributed by atoms with Gasteiger partial charge in [0.1, 0.15) is 11.6 Å². The van der Waals surface area contributed by atoms with Crippen molar-refractivity contribution in [1.82, 2.24) is 14.6 Å². The molecule has 0 aliphatic carbocycles. The number of aromatic nitrogens is 1. The van der Waals surface area contributed by atoms with Gasteiger partial charge in [-0.3, -0.25) is 9.59 Å². The molecule has 1 fully saturated rings. The maximum atomic E-state index is 13.6. The van der Waals surface area contributed by atoms with Gasteiger partial charge in [0.15, 0.2) is 5.03 Å². The van der Waals surface area contributed by atoms with E-state index in [1.165, 1.54) is 36.4 Å². The summed E-state index contributed by atoms with van der Waals surface area (Å²) in [7, 11) is -4.26. The molecule has 2 aromatic carbocycles. The molecule has 0 radical (unpaired) electrons. The SMILES string of the molecule is CC(=O)NS(=O)(=O)c1cc(Nc2ccc(F)cc2C)c(C(=O)N2CCC(c3ccc(F)cc3)CC2)cn1. The molecule has 2 amide bonds. The number of anilines is 2. The van der Waals surface area contributed by atoms with E-state index in [9.17, 15) is 26.8 Å². The molecule has 0 bridgehead atoms. The van der Waals surface area contributed by atoms with Gasteiger partial charge in [0.05, 0.1) is 11.3 Å². The quantitative estimate of drug-likeness (QED) is 0.495. The van der Waals surface area contributed by atoms with Crippen molar-refractivity contribution in [3.63, 3.8) is 0 Å². The third-order valence-electron chi connectivity index (χ3n) is 6.24. The highest BCUT2D eigenvalue weighted by atomic mass is 32.2. The van der Waals surface area contributed by atoms with E-state index in [4.69, 9.17) is 0 Å². The Labute approximate surface area is 213 Å². The van der Waals surface area contributed by atoms with Crippen molar-refractivity contribution in [2.75, 3.05) is 18.4 Å². The minimum atomic E-state index is -4.26. The van der Waals surface area contributed by atoms with Crippen LogP contribution in [0.2, 0.25) is 0 Å². The van der Waals surface area contributed by atoms with Crippen LogP contribution in [0.25, 0.3) is 0 Å². The molecule has 37 heavy (non-hydrogen) atoms. The van der Waals surface area contributed by atoms with E-state index in [2.05, 4.69) is 10.3 Å². The van der Waals surface area contributed by atoms with Gasteiger partial charge in [-0.05, 0) is 67.1 Å². The van der Waals surface area contributed by atoms with Crippen LogP contribution >= 0.6 is 0 Å². The number of benzene rings is 2. The zero-order valence-electron chi connectivity index (χ0n) is 20.3. The van der Waals surface area contributed by atoms with Crippen molar-refractivity contribution in [3.05, 3.63) is 83.1 Å². The van der Waals surface area contributed by atoms with Crippen LogP contribution in [0.15, 0.2) is 59.8 Å². The van der Waals surface area contributed by atoms with Crippen molar-refractivity contribution >= 4 is 33.2 Å². The number of amides is 2. The third-order valence-corrected chi connectivity index (χ3v) is 7.57. The van der Waals surface area contributed by atoms with Gasteiger partial charge in [-0.25, -0.2) is 18.5 Å². The van der Waals surface area contributed by atoms with E-state index in [1.807, 2.05) is 4.72 Å². The molecule has 11 heteroatoms. The lowest BCUT2D eigenvalue weighted by Gasteiger charge is -2.32. The predicted molar refractivity (Wildman–Crippen MR) is 134 cm³/mol. The second-order valence-corrected chi connectivity index (χ2v) is 10.6. The highest BCUT2D eigenvalue weighted by Crippen LogP contribution is 2.31. The van der Waals surface area contributed by atoms with Crippen LogP contribution in [-0.4, -0.2) is 43.2 Å². The predicted octanol–water partition coefficient (Wildman–Crippen LogP) is 4.26. The van der Waals surface area contributed by atoms with Crippen molar-refractivity contribution < 1.29 is 26.8 Å². The average molecular weight is 529 g/mol. The zero-order chi connectivity index (χ0) is 26.7. The molecule has 3 aromatic rings. The summed E-state index contributed by atoms with van der Waals surface area (Å²) >= 11 is 0. The van der Waals surface area contributed by atoms with Gasteiger partial charge < -0.3 is 10.2 Å². The topological polar surface area (TPSA) is 108 Å². The van der Waals surface area contributed by atoms with Crippen LogP contribution in [-0.2, 0) is 14.8 Å². The Bertz CT molecular complexity index is 1440. The third kappa shape index (κ3) is 6.11. The Balaban J connectivity index is 1.62. The summed E-state index contributed by atoms with van der Waals surface area (Å²) in [5.41, 5.74) is 2.31. The van der Waals surface area contributed by atoms with Crippen molar-refractivity contribution in [3.8, 4) is 0 Å². The molecular formula is C26H26F2N4O4S. The number of sulfonamides is 1. The first-order chi connectivity index (χ1) is 17.5. The van der Waals surface area contributed by atoms with Crippen LogP contribution in [0.1, 0.15) is 47.2 Å². The van der Waals surface area contributed by atoms with Crippen LogP contribution in [0.4, 0.5) is 20.2 Å². The number of pyridine rings is 1. The highest BCUT2D eigenvalue weighted by Gasteiger charge is 2.28. The number of piperidine rings is 1. The largest absolute Gasteiger partial charge is 0.355 e. The minimum absolute atomic E-state index is 0.130. The Morgan fingerprint density at radius 2 is 1.62 bits per heavy atom. The number of carbonyl (C=O) groups is 2. The van der Waals surface area contributed by atoms with Gasteiger partial charge >= 0.3 is 0 Å². The number of aryl methyl sites for hydroxylation is 1. The van der Waals surface area contributed by atoms with Crippen LogP contribution in [0.5, 0.6) is 0 Å². The molecule has 1 aliphatic heterocycles. The second kappa shape index (κ2) is 10.6. The van der Waals surface area contributed by atoms with Gasteiger partial charge in [-0.2, -0.15) is 8.42 Å². The smallest absolute Gasteiger partial charge is 0.281 e. The van der Waals surface area contributed by atoms with Crippen LogP contribution < -0.4 is 10.0 Å². The standard InChI is InChI=1S/C26H26F2N4O4S/c1-16-13-21(28)7-8-23(16)30-24-14-25(37(35,36)31-17(2)33)29-15-22(24)26(34)32-11-9-19(10-12-32)18-3-5-20(27)6-4-18/h3-8,13-15,19H,9-12H2,1-2H3,(H,29,30)(H,31,33). The number of likely N-dealkylation sites (tertiary alicyclic amines) is 1. The number of hydrogen-bond donors (Lipinski definition) is 2. The molecule has 4 rings (SSSR count). The number of nitrogens with zero attached hydrogens (tertiary/aromatic N) is 2. The lowest BCUT2D eigenvalue weighted by molar-refractivity contribution is -0.117. The highest BCUT2D eigenvalue weighted by molar-refractivity contribution is 7.90. The number of halogens is 2. The molecule has 1 aliphatic rings. The summed E-state index contributed by atoms with van der Waals surface area (Å²) in [5, 5.41) is 2.58. The molecule has 194 valence electrons. The molecule has 8 nitrogen and oxygen atoms in total. The summed E-state index contributed by atoms with van der Waals surface area (Å²) in [4.78, 5) is 30.5. The lowest BCUT2D eigenvalue weighted by atomic mass is 9.89. The minimum Gasteiger partial charge on any atom is -0.355 e. The monoisotopic (exact) mass is 528 g/mol. The second-order valence-electron chi connectivity index (χ2n) is 8.93. The van der Waals surface area contributed by atoms with Gasteiger partial charge in [-0.15, -0.1) is 0 Å². The van der Waals surface area contributed by atoms with E-state index in [1.54, 1.807) is 24.0 Å². The number of nitrogens with one attached hydrogen (secondary N) is 2. The van der Waals surface area contributed by atoms with Crippen LogP contribution in [0, 0.1) is 18.6 Å². The number of rotatable bonds is 6. The molecule has 2 heterocycles. The van der Waals surface area contributed by atoms with Gasteiger partial charge in [0, 0.05) is 38.0 Å². The first-order valence-electron chi connectivity index (χ1n) is 11.6. The van der Waals surface area contributed by atoms with Gasteiger partial charge in [-0.1, -0.05) is 12.1 Å². The summed E-state index contributed by atoms with van der Waals surface area (Å²) < 4.78 is 53.8. The number of hydrogen-bond acceptors (Lipinski definition) is 6. The molecule has 0 spiro atoms. The summed E-state index contributed by atoms with van der Waals surface area (Å²) in [6.45, 7) is 3.62. The summed E-state index contributed by atoms with van der Waals surface area (Å²) in [6, 6.07) is 11.6. The zero-order valence-corrected chi connectivity index (χ0v) is 21.1. The van der Waals surface area contributed by atoms with E-state index in [-0.39, 0.29) is 28.9 Å². The molecule has 0 atom stereocenters. The van der Waals surface area contributed by atoms with E-state index < -0.39 is 26.8 Å². The first-order valence-corrected chi connectivity index (χ1v) is 13.1. The first kappa shape index (κ1) is 26.2. The van der Waals surface area contributed by atoms with Crippen molar-refractivity contribution in [2.45, 2.75) is 37.6 Å². The Hall–Kier alpha value is -3.86. The molecule has 1 aromatic heterocycles. The Morgan fingerprint density at radius 3 is 2.24 bits per heavy atom. The molecule has 0 saturated carbocycles. The van der Waals surface area contributed by atoms with E-state index >= 15 is 0 Å². The normalized spacial score (nSPS) is 14.3. The maximum absolute atomic E-state index is 13.6. The number of carbonyl (C=O) groups excluding carboxylic acids is 2. The van der Waals surface area contributed by atoms with Crippen molar-refractivity contribution in [2.24, 2.45) is 0 Å².